The van der Waals surface area contributed by atoms with Crippen molar-refractivity contribution in [3.8, 4) is 0 Å². The molecular weight excluding hydrogens is 435 g/mol. The fraction of sp³-hybridized carbons (Fsp3) is 0.611. The van der Waals surface area contributed by atoms with Crippen molar-refractivity contribution in [2.24, 2.45) is 10.9 Å². The van der Waals surface area contributed by atoms with Crippen molar-refractivity contribution >= 4 is 41.5 Å². The van der Waals surface area contributed by atoms with Crippen LogP contribution in [-0.4, -0.2) is 56.0 Å². The fourth-order valence-corrected chi connectivity index (χ4v) is 3.37. The van der Waals surface area contributed by atoms with Gasteiger partial charge in [0.15, 0.2) is 5.96 Å². The normalized spacial score (nSPS) is 18.3. The highest BCUT2D eigenvalue weighted by Crippen LogP contribution is 2.17. The molecule has 1 aliphatic rings. The summed E-state index contributed by atoms with van der Waals surface area (Å²) < 4.78 is 0. The van der Waals surface area contributed by atoms with Crippen LogP contribution in [0.1, 0.15) is 25.3 Å². The Kier molecular flexibility index (Phi) is 10.0. The highest BCUT2D eigenvalue weighted by Gasteiger charge is 2.22. The average molecular weight is 465 g/mol. The smallest absolute Gasteiger partial charge is 0.193 e. The van der Waals surface area contributed by atoms with Gasteiger partial charge in [-0.15, -0.1) is 24.0 Å². The Morgan fingerprint density at radius 2 is 2.17 bits per heavy atom. The van der Waals surface area contributed by atoms with Crippen LogP contribution in [0.3, 0.4) is 0 Å². The quantitative estimate of drug-likeness (QED) is 0.396. The van der Waals surface area contributed by atoms with E-state index in [1.54, 1.807) is 0 Å². The van der Waals surface area contributed by atoms with Crippen molar-refractivity contribution in [2.75, 3.05) is 40.3 Å². The van der Waals surface area contributed by atoms with Crippen molar-refractivity contribution in [1.29, 1.82) is 0 Å². The average Bonchev–Trinajstić information content (AvgIpc) is 2.98. The van der Waals surface area contributed by atoms with E-state index < -0.39 is 0 Å². The molecule has 0 aromatic heterocycles. The lowest BCUT2D eigenvalue weighted by atomic mass is 10.1. The second-order valence-corrected chi connectivity index (χ2v) is 6.74. The van der Waals surface area contributed by atoms with Gasteiger partial charge >= 0.3 is 0 Å². The molecule has 4 nitrogen and oxygen atoms in total. The van der Waals surface area contributed by atoms with Crippen LogP contribution < -0.4 is 5.32 Å². The van der Waals surface area contributed by atoms with Gasteiger partial charge in [0.1, 0.15) is 0 Å². The van der Waals surface area contributed by atoms with Crippen molar-refractivity contribution in [3.63, 3.8) is 0 Å². The van der Waals surface area contributed by atoms with Gasteiger partial charge < -0.3 is 15.1 Å². The summed E-state index contributed by atoms with van der Waals surface area (Å²) in [5.41, 5.74) is 1.12. The predicted octanol–water partition coefficient (Wildman–Crippen LogP) is 3.70. The zero-order chi connectivity index (χ0) is 16.7. The third-order valence-electron chi connectivity index (χ3n) is 4.40. The number of benzene rings is 1. The Balaban J connectivity index is 0.00000288. The summed E-state index contributed by atoms with van der Waals surface area (Å²) in [4.78, 5) is 9.09. The van der Waals surface area contributed by atoms with Crippen LogP contribution in [0.15, 0.2) is 29.3 Å². The van der Waals surface area contributed by atoms with Crippen LogP contribution in [0.4, 0.5) is 0 Å². The molecule has 1 fully saturated rings. The van der Waals surface area contributed by atoms with E-state index in [0.717, 1.165) is 29.6 Å². The first kappa shape index (κ1) is 21.5. The van der Waals surface area contributed by atoms with E-state index in [4.69, 9.17) is 11.6 Å². The highest BCUT2D eigenvalue weighted by atomic mass is 127. The summed E-state index contributed by atoms with van der Waals surface area (Å²) >= 11 is 6.25. The molecule has 0 saturated carbocycles. The molecule has 136 valence electrons. The van der Waals surface area contributed by atoms with E-state index in [-0.39, 0.29) is 24.0 Å². The number of nitrogens with one attached hydrogen (secondary N) is 1. The number of guanidine groups is 1. The molecule has 1 atom stereocenters. The molecule has 0 bridgehead atoms. The third-order valence-corrected chi connectivity index (χ3v) is 4.77. The molecule has 1 unspecified atom stereocenters. The highest BCUT2D eigenvalue weighted by molar-refractivity contribution is 14.0. The minimum absolute atomic E-state index is 0. The number of rotatable bonds is 6. The molecule has 1 aliphatic heterocycles. The van der Waals surface area contributed by atoms with E-state index in [0.29, 0.717) is 5.92 Å². The van der Waals surface area contributed by atoms with Crippen LogP contribution in [0.25, 0.3) is 0 Å². The first-order valence-electron chi connectivity index (χ1n) is 8.51. The van der Waals surface area contributed by atoms with Gasteiger partial charge in [0.2, 0.25) is 0 Å². The van der Waals surface area contributed by atoms with Crippen molar-refractivity contribution < 1.29 is 0 Å². The number of likely N-dealkylation sites (tertiary alicyclic amines) is 1. The van der Waals surface area contributed by atoms with Crippen molar-refractivity contribution in [2.45, 2.75) is 26.3 Å². The number of hydrogen-bond acceptors (Lipinski definition) is 2. The van der Waals surface area contributed by atoms with Crippen LogP contribution in [0, 0.1) is 5.92 Å². The Bertz CT molecular complexity index is 523. The maximum atomic E-state index is 6.25. The summed E-state index contributed by atoms with van der Waals surface area (Å²) in [7, 11) is 3.89. The van der Waals surface area contributed by atoms with Gasteiger partial charge in [-0.25, -0.2) is 0 Å². The Morgan fingerprint density at radius 1 is 1.42 bits per heavy atom. The van der Waals surface area contributed by atoms with E-state index in [1.165, 1.54) is 32.5 Å². The SMILES string of the molecule is CCCN1CCC(CNC(=NC)N(C)Cc2ccccc2Cl)C1.I. The zero-order valence-corrected chi connectivity index (χ0v) is 18.1. The lowest BCUT2D eigenvalue weighted by Crippen LogP contribution is -2.41. The molecule has 1 saturated heterocycles. The zero-order valence-electron chi connectivity index (χ0n) is 15.0. The summed E-state index contributed by atoms with van der Waals surface area (Å²) in [5.74, 6) is 1.64. The van der Waals surface area contributed by atoms with E-state index >= 15 is 0 Å². The molecule has 0 spiro atoms. The molecule has 1 heterocycles. The Labute approximate surface area is 168 Å². The van der Waals surface area contributed by atoms with Gasteiger partial charge in [-0.3, -0.25) is 4.99 Å². The Hall–Kier alpha value is -0.530. The topological polar surface area (TPSA) is 30.9 Å². The number of halogens is 2. The van der Waals surface area contributed by atoms with Gasteiger partial charge in [0.25, 0.3) is 0 Å². The summed E-state index contributed by atoms with van der Waals surface area (Å²) in [5, 5.41) is 4.33. The maximum absolute atomic E-state index is 6.25. The molecule has 1 aromatic rings. The molecular formula is C18H30ClIN4. The number of nitrogens with zero attached hydrogens (tertiary/aromatic N) is 3. The standard InChI is InChI=1S/C18H29ClN4.HI/c1-4-10-23-11-9-15(13-23)12-21-18(20-2)22(3)14-16-7-5-6-8-17(16)19;/h5-8,15H,4,9-14H2,1-3H3,(H,20,21);1H. The molecule has 24 heavy (non-hydrogen) atoms. The second kappa shape index (κ2) is 11.2. The van der Waals surface area contributed by atoms with Crippen LogP contribution in [-0.2, 0) is 6.54 Å². The molecule has 0 amide bonds. The lowest BCUT2D eigenvalue weighted by molar-refractivity contribution is 0.324. The van der Waals surface area contributed by atoms with Gasteiger partial charge in [-0.05, 0) is 43.5 Å². The molecule has 0 radical (unpaired) electrons. The van der Waals surface area contributed by atoms with Crippen molar-refractivity contribution in [3.05, 3.63) is 34.9 Å². The van der Waals surface area contributed by atoms with E-state index in [2.05, 4.69) is 40.1 Å². The lowest BCUT2D eigenvalue weighted by Gasteiger charge is -2.24. The number of aliphatic imine (C=N–C) groups is 1. The Morgan fingerprint density at radius 3 is 2.83 bits per heavy atom. The van der Waals surface area contributed by atoms with Gasteiger partial charge in [0.05, 0.1) is 0 Å². The summed E-state index contributed by atoms with van der Waals surface area (Å²) in [6, 6.07) is 7.97. The molecule has 1 aromatic carbocycles. The summed E-state index contributed by atoms with van der Waals surface area (Å²) in [6.45, 7) is 7.64. The van der Waals surface area contributed by atoms with Crippen LogP contribution >= 0.6 is 35.6 Å². The third kappa shape index (κ3) is 6.41. The van der Waals surface area contributed by atoms with Crippen molar-refractivity contribution in [1.82, 2.24) is 15.1 Å². The molecule has 2 rings (SSSR count). The first-order valence-corrected chi connectivity index (χ1v) is 8.89. The molecule has 6 heteroatoms. The minimum atomic E-state index is 0. The molecule has 0 aliphatic carbocycles. The van der Waals surface area contributed by atoms with Gasteiger partial charge in [0, 0.05) is 38.8 Å². The largest absolute Gasteiger partial charge is 0.356 e. The van der Waals surface area contributed by atoms with Gasteiger partial charge in [-0.1, -0.05) is 36.7 Å². The number of hydrogen-bond donors (Lipinski definition) is 1. The fourth-order valence-electron chi connectivity index (χ4n) is 3.18. The maximum Gasteiger partial charge on any atom is 0.193 e. The minimum Gasteiger partial charge on any atom is -0.356 e. The van der Waals surface area contributed by atoms with Crippen LogP contribution in [0.5, 0.6) is 0 Å². The van der Waals surface area contributed by atoms with E-state index in [9.17, 15) is 0 Å². The second-order valence-electron chi connectivity index (χ2n) is 6.33. The predicted molar refractivity (Wildman–Crippen MR) is 115 cm³/mol. The molecule has 1 N–H and O–H groups in total. The monoisotopic (exact) mass is 464 g/mol. The first-order chi connectivity index (χ1) is 11.1. The van der Waals surface area contributed by atoms with Crippen LogP contribution in [0.2, 0.25) is 5.02 Å². The van der Waals surface area contributed by atoms with E-state index in [1.807, 2.05) is 25.2 Å². The van der Waals surface area contributed by atoms with Gasteiger partial charge in [-0.2, -0.15) is 0 Å². The summed E-state index contributed by atoms with van der Waals surface area (Å²) in [6.07, 6.45) is 2.51.